The van der Waals surface area contributed by atoms with Gasteiger partial charge >= 0.3 is 0 Å². The molecule has 0 aromatic heterocycles. The maximum atomic E-state index is 12.9. The van der Waals surface area contributed by atoms with E-state index in [0.717, 1.165) is 16.0 Å². The number of thioether (sulfide) groups is 1. The molecule has 4 amide bonds. The summed E-state index contributed by atoms with van der Waals surface area (Å²) in [5.41, 5.74) is 3.20. The molecule has 1 fully saturated rings. The monoisotopic (exact) mass is 423 g/mol. The van der Waals surface area contributed by atoms with Crippen molar-refractivity contribution in [2.45, 2.75) is 36.1 Å². The van der Waals surface area contributed by atoms with Crippen LogP contribution in [0, 0.1) is 0 Å². The molecular formula is C22H21N3O4S. The van der Waals surface area contributed by atoms with E-state index in [0.29, 0.717) is 29.8 Å². The quantitative estimate of drug-likeness (QED) is 0.567. The van der Waals surface area contributed by atoms with Gasteiger partial charge in [0.25, 0.3) is 11.8 Å². The summed E-state index contributed by atoms with van der Waals surface area (Å²) in [5.74, 6) is -0.298. The van der Waals surface area contributed by atoms with E-state index in [1.807, 2.05) is 24.3 Å². The van der Waals surface area contributed by atoms with E-state index in [4.69, 9.17) is 0 Å². The van der Waals surface area contributed by atoms with Crippen LogP contribution in [0.25, 0.3) is 0 Å². The minimum Gasteiger partial charge on any atom is -0.355 e. The van der Waals surface area contributed by atoms with E-state index in [-0.39, 0.29) is 24.1 Å². The number of amides is 4. The number of fused-ring (bicyclic) bond motifs is 1. The first-order valence-corrected chi connectivity index (χ1v) is 10.7. The third kappa shape index (κ3) is 3.82. The van der Waals surface area contributed by atoms with Crippen LogP contribution in [0.3, 0.4) is 0 Å². The Morgan fingerprint density at radius 2 is 1.93 bits per heavy atom. The van der Waals surface area contributed by atoms with Crippen molar-refractivity contribution >= 4 is 35.4 Å². The highest BCUT2D eigenvalue weighted by Gasteiger charge is 2.39. The molecule has 7 nitrogen and oxygen atoms in total. The fourth-order valence-corrected chi connectivity index (χ4v) is 4.79. The first-order chi connectivity index (χ1) is 14.5. The second kappa shape index (κ2) is 8.31. The third-order valence-electron chi connectivity index (χ3n) is 5.38. The first-order valence-electron chi connectivity index (χ1n) is 9.68. The fourth-order valence-electron chi connectivity index (χ4n) is 3.75. The molecule has 2 aromatic rings. The Hall–Kier alpha value is -3.13. The minimum atomic E-state index is -0.613. The Morgan fingerprint density at radius 1 is 1.17 bits per heavy atom. The van der Waals surface area contributed by atoms with Crippen LogP contribution in [-0.2, 0) is 21.9 Å². The lowest BCUT2D eigenvalue weighted by Crippen LogP contribution is -2.52. The van der Waals surface area contributed by atoms with Crippen LogP contribution in [0.15, 0.2) is 47.4 Å². The Morgan fingerprint density at radius 3 is 2.63 bits per heavy atom. The van der Waals surface area contributed by atoms with Crippen molar-refractivity contribution < 1.29 is 19.2 Å². The van der Waals surface area contributed by atoms with Gasteiger partial charge in [0.1, 0.15) is 6.04 Å². The largest absolute Gasteiger partial charge is 0.355 e. The average Bonchev–Trinajstić information content (AvgIpc) is 3.09. The van der Waals surface area contributed by atoms with Gasteiger partial charge in [0, 0.05) is 41.8 Å². The standard InChI is InChI=1S/C22H21N3O4S/c1-23-20(27)14-7-5-13(6-8-14)12-30-18-4-2-3-15-16(18)11-25(22(15)29)17-9-10-19(26)24-21(17)28/h2-8,17H,9-12H2,1H3,(H,23,27)(H,24,26,28). The van der Waals surface area contributed by atoms with Gasteiger partial charge in [-0.3, -0.25) is 24.5 Å². The van der Waals surface area contributed by atoms with Crippen LogP contribution < -0.4 is 10.6 Å². The smallest absolute Gasteiger partial charge is 0.255 e. The molecule has 0 spiro atoms. The molecule has 30 heavy (non-hydrogen) atoms. The molecule has 1 unspecified atom stereocenters. The maximum absolute atomic E-state index is 12.9. The number of nitrogens with one attached hydrogen (secondary N) is 2. The van der Waals surface area contributed by atoms with Gasteiger partial charge in [-0.1, -0.05) is 18.2 Å². The molecule has 2 heterocycles. The molecule has 8 heteroatoms. The number of rotatable bonds is 5. The Bertz CT molecular complexity index is 1040. The minimum absolute atomic E-state index is 0.123. The van der Waals surface area contributed by atoms with Crippen LogP contribution >= 0.6 is 11.8 Å². The lowest BCUT2D eigenvalue weighted by atomic mass is 10.0. The lowest BCUT2D eigenvalue weighted by Gasteiger charge is -2.29. The number of hydrogen-bond donors (Lipinski definition) is 2. The van der Waals surface area contributed by atoms with E-state index in [1.165, 1.54) is 0 Å². The summed E-state index contributed by atoms with van der Waals surface area (Å²) < 4.78 is 0. The number of piperidine rings is 1. The molecule has 0 aliphatic carbocycles. The fraction of sp³-hybridized carbons (Fsp3) is 0.273. The van der Waals surface area contributed by atoms with Gasteiger partial charge in [0.2, 0.25) is 11.8 Å². The molecule has 0 radical (unpaired) electrons. The number of hydrogen-bond acceptors (Lipinski definition) is 5. The van der Waals surface area contributed by atoms with Crippen molar-refractivity contribution in [2.75, 3.05) is 7.05 Å². The van der Waals surface area contributed by atoms with Gasteiger partial charge < -0.3 is 10.2 Å². The van der Waals surface area contributed by atoms with Crippen molar-refractivity contribution in [1.82, 2.24) is 15.5 Å². The van der Waals surface area contributed by atoms with Gasteiger partial charge in [-0.05, 0) is 41.8 Å². The second-order valence-corrected chi connectivity index (χ2v) is 8.26. The summed E-state index contributed by atoms with van der Waals surface area (Å²) in [7, 11) is 1.60. The van der Waals surface area contributed by atoms with E-state index >= 15 is 0 Å². The molecule has 2 aromatic carbocycles. The number of carbonyl (C=O) groups excluding carboxylic acids is 4. The Labute approximate surface area is 178 Å². The van der Waals surface area contributed by atoms with Gasteiger partial charge in [-0.25, -0.2) is 0 Å². The molecule has 0 saturated carbocycles. The molecule has 2 aliphatic rings. The van der Waals surface area contributed by atoms with Crippen molar-refractivity contribution in [3.63, 3.8) is 0 Å². The topological polar surface area (TPSA) is 95.6 Å². The number of nitrogens with zero attached hydrogens (tertiary/aromatic N) is 1. The lowest BCUT2D eigenvalue weighted by molar-refractivity contribution is -0.136. The van der Waals surface area contributed by atoms with Gasteiger partial charge in [0.05, 0.1) is 0 Å². The van der Waals surface area contributed by atoms with Crippen LogP contribution in [0.5, 0.6) is 0 Å². The Kier molecular flexibility index (Phi) is 5.59. The molecule has 2 aliphatic heterocycles. The summed E-state index contributed by atoms with van der Waals surface area (Å²) in [5, 5.41) is 4.93. The van der Waals surface area contributed by atoms with Crippen LogP contribution in [0.1, 0.15) is 44.7 Å². The van der Waals surface area contributed by atoms with Crippen molar-refractivity contribution in [2.24, 2.45) is 0 Å². The highest BCUT2D eigenvalue weighted by Crippen LogP contribution is 2.35. The highest BCUT2D eigenvalue weighted by molar-refractivity contribution is 7.98. The first kappa shape index (κ1) is 20.2. The number of carbonyl (C=O) groups is 4. The van der Waals surface area contributed by atoms with E-state index in [2.05, 4.69) is 10.6 Å². The zero-order valence-electron chi connectivity index (χ0n) is 16.4. The molecule has 4 rings (SSSR count). The number of benzene rings is 2. The molecule has 1 saturated heterocycles. The summed E-state index contributed by atoms with van der Waals surface area (Å²) in [6, 6.07) is 12.4. The summed E-state index contributed by atoms with van der Waals surface area (Å²) in [4.78, 5) is 50.8. The van der Waals surface area contributed by atoms with Gasteiger partial charge in [-0.15, -0.1) is 11.8 Å². The maximum Gasteiger partial charge on any atom is 0.255 e. The summed E-state index contributed by atoms with van der Waals surface area (Å²) in [6.07, 6.45) is 0.592. The molecule has 0 bridgehead atoms. The van der Waals surface area contributed by atoms with Crippen LogP contribution in [-0.4, -0.2) is 41.6 Å². The van der Waals surface area contributed by atoms with Crippen molar-refractivity contribution in [3.05, 3.63) is 64.7 Å². The molecule has 1 atom stereocenters. The second-order valence-electron chi connectivity index (χ2n) is 7.25. The SMILES string of the molecule is CNC(=O)c1ccc(CSc2cccc3c2CN(C2CCC(=O)NC2=O)C3=O)cc1. The van der Waals surface area contributed by atoms with E-state index in [1.54, 1.807) is 41.9 Å². The van der Waals surface area contributed by atoms with E-state index in [9.17, 15) is 19.2 Å². The van der Waals surface area contributed by atoms with Gasteiger partial charge in [-0.2, -0.15) is 0 Å². The van der Waals surface area contributed by atoms with Gasteiger partial charge in [0.15, 0.2) is 0 Å². The third-order valence-corrected chi connectivity index (χ3v) is 6.55. The normalized spacial score (nSPS) is 18.2. The summed E-state index contributed by atoms with van der Waals surface area (Å²) in [6.45, 7) is 0.360. The average molecular weight is 423 g/mol. The summed E-state index contributed by atoms with van der Waals surface area (Å²) >= 11 is 1.62. The predicted molar refractivity (Wildman–Crippen MR) is 112 cm³/mol. The molecule has 2 N–H and O–H groups in total. The predicted octanol–water partition coefficient (Wildman–Crippen LogP) is 2.10. The van der Waals surface area contributed by atoms with Crippen LogP contribution in [0.2, 0.25) is 0 Å². The Balaban J connectivity index is 1.48. The zero-order valence-corrected chi connectivity index (χ0v) is 17.3. The molecule has 154 valence electrons. The van der Waals surface area contributed by atoms with Crippen molar-refractivity contribution in [3.8, 4) is 0 Å². The van der Waals surface area contributed by atoms with Crippen LogP contribution in [0.4, 0.5) is 0 Å². The number of imide groups is 1. The molecular weight excluding hydrogens is 402 g/mol. The van der Waals surface area contributed by atoms with Crippen molar-refractivity contribution in [1.29, 1.82) is 0 Å². The van der Waals surface area contributed by atoms with E-state index < -0.39 is 11.9 Å². The highest BCUT2D eigenvalue weighted by atomic mass is 32.2. The zero-order chi connectivity index (χ0) is 21.3.